The first-order valence-corrected chi connectivity index (χ1v) is 9.28. The number of hydrogen-bond acceptors (Lipinski definition) is 6. The largest absolute Gasteiger partial charge is 0.491 e. The highest BCUT2D eigenvalue weighted by Crippen LogP contribution is 2.20. The molecule has 0 aliphatic heterocycles. The average molecular weight is 419 g/mol. The highest BCUT2D eigenvalue weighted by atomic mass is 16.5. The molecule has 0 radical (unpaired) electrons. The van der Waals surface area contributed by atoms with Gasteiger partial charge < -0.3 is 30.4 Å². The molecule has 1 aromatic heterocycles. The molecule has 2 aromatic rings. The summed E-state index contributed by atoms with van der Waals surface area (Å²) in [5.41, 5.74) is 2.03. The van der Waals surface area contributed by atoms with Gasteiger partial charge >= 0.3 is 11.9 Å². The van der Waals surface area contributed by atoms with E-state index in [9.17, 15) is 14.7 Å². The number of carboxylic acids is 2. The molecule has 164 valence electrons. The quantitative estimate of drug-likeness (QED) is 0.410. The molecule has 1 atom stereocenters. The standard InChI is InChI=1S/C17H25N3O2.C4H4O4/c1-12-9-18-16(20-12)13-5-7-15(8-6-13)22-11-14(21)10-19-17(2,3)4;5-3(6)1-2-4(7)8/h5-9,14,19,21H,10-11H2,1-4H3,(H,18,20);1-2H,(H,5,6)(H,7,8)/b;2-1-/t14-;/m0./s1. The summed E-state index contributed by atoms with van der Waals surface area (Å²) in [5, 5.41) is 28.8. The molecular weight excluding hydrogens is 390 g/mol. The number of rotatable bonds is 8. The van der Waals surface area contributed by atoms with Crippen LogP contribution in [0.1, 0.15) is 26.5 Å². The van der Waals surface area contributed by atoms with Crippen LogP contribution >= 0.6 is 0 Å². The van der Waals surface area contributed by atoms with Gasteiger partial charge in [-0.3, -0.25) is 0 Å². The Hall–Kier alpha value is -3.17. The number of nitrogens with zero attached hydrogens (tertiary/aromatic N) is 1. The number of aliphatic hydroxyl groups is 1. The Morgan fingerprint density at radius 2 is 1.73 bits per heavy atom. The van der Waals surface area contributed by atoms with Crippen molar-refractivity contribution in [2.24, 2.45) is 0 Å². The fourth-order valence-electron chi connectivity index (χ4n) is 2.09. The number of hydrogen-bond donors (Lipinski definition) is 5. The van der Waals surface area contributed by atoms with Crippen molar-refractivity contribution in [3.63, 3.8) is 0 Å². The number of imidazole rings is 1. The van der Waals surface area contributed by atoms with Gasteiger partial charge in [0.25, 0.3) is 0 Å². The third-order valence-corrected chi connectivity index (χ3v) is 3.51. The minimum absolute atomic E-state index is 0.0101. The fraction of sp³-hybridized carbons (Fsp3) is 0.381. The highest BCUT2D eigenvalue weighted by Gasteiger charge is 2.12. The number of benzene rings is 1. The van der Waals surface area contributed by atoms with Gasteiger partial charge in [-0.15, -0.1) is 0 Å². The van der Waals surface area contributed by atoms with E-state index in [4.69, 9.17) is 14.9 Å². The molecule has 9 heteroatoms. The summed E-state index contributed by atoms with van der Waals surface area (Å²) < 4.78 is 5.61. The molecule has 9 nitrogen and oxygen atoms in total. The fourth-order valence-corrected chi connectivity index (χ4v) is 2.09. The van der Waals surface area contributed by atoms with Crippen LogP contribution in [0.25, 0.3) is 11.4 Å². The molecule has 1 aromatic carbocycles. The maximum absolute atomic E-state index is 9.91. The number of nitrogens with one attached hydrogen (secondary N) is 2. The zero-order valence-corrected chi connectivity index (χ0v) is 17.5. The molecule has 0 aliphatic carbocycles. The van der Waals surface area contributed by atoms with Crippen LogP contribution in [0, 0.1) is 6.92 Å². The van der Waals surface area contributed by atoms with E-state index < -0.39 is 18.0 Å². The summed E-state index contributed by atoms with van der Waals surface area (Å²) in [7, 11) is 0. The maximum atomic E-state index is 9.91. The van der Waals surface area contributed by atoms with Crippen LogP contribution in [0.5, 0.6) is 5.75 Å². The van der Waals surface area contributed by atoms with Gasteiger partial charge in [-0.05, 0) is 52.0 Å². The van der Waals surface area contributed by atoms with Gasteiger partial charge in [0.05, 0.1) is 0 Å². The Morgan fingerprint density at radius 1 is 1.17 bits per heavy atom. The molecule has 0 saturated carbocycles. The molecule has 0 amide bonds. The van der Waals surface area contributed by atoms with Gasteiger partial charge in [-0.2, -0.15) is 0 Å². The monoisotopic (exact) mass is 419 g/mol. The molecule has 5 N–H and O–H groups in total. The Balaban J connectivity index is 0.000000479. The van der Waals surface area contributed by atoms with E-state index in [-0.39, 0.29) is 12.1 Å². The lowest BCUT2D eigenvalue weighted by Gasteiger charge is -2.22. The molecule has 0 spiro atoms. The summed E-state index contributed by atoms with van der Waals surface area (Å²) in [6.45, 7) is 8.94. The summed E-state index contributed by atoms with van der Waals surface area (Å²) in [6, 6.07) is 7.68. The molecule has 0 saturated heterocycles. The SMILES string of the molecule is Cc1cnc(-c2ccc(OC[C@@H](O)CNC(C)(C)C)cc2)[nH]1.O=C(O)/C=C\C(=O)O. The van der Waals surface area contributed by atoms with Crippen molar-refractivity contribution in [3.8, 4) is 17.1 Å². The van der Waals surface area contributed by atoms with Crippen LogP contribution in [0.15, 0.2) is 42.6 Å². The maximum Gasteiger partial charge on any atom is 0.328 e. The number of ether oxygens (including phenoxy) is 1. The second-order valence-electron chi connectivity index (χ2n) is 7.54. The second-order valence-corrected chi connectivity index (χ2v) is 7.54. The van der Waals surface area contributed by atoms with Crippen molar-refractivity contribution in [1.29, 1.82) is 0 Å². The van der Waals surface area contributed by atoms with Crippen LogP contribution in [-0.4, -0.2) is 62.0 Å². The Bertz CT molecular complexity index is 821. The molecule has 0 aliphatic rings. The normalized spacial score (nSPS) is 12.2. The average Bonchev–Trinajstić information content (AvgIpc) is 3.10. The molecule has 30 heavy (non-hydrogen) atoms. The van der Waals surface area contributed by atoms with Gasteiger partial charge in [0.2, 0.25) is 0 Å². The smallest absolute Gasteiger partial charge is 0.328 e. The third kappa shape index (κ3) is 11.0. The van der Waals surface area contributed by atoms with E-state index in [1.54, 1.807) is 6.20 Å². The highest BCUT2D eigenvalue weighted by molar-refractivity contribution is 5.89. The lowest BCUT2D eigenvalue weighted by Crippen LogP contribution is -2.42. The number of H-pyrrole nitrogens is 1. The Labute approximate surface area is 175 Å². The number of carbonyl (C=O) groups is 2. The van der Waals surface area contributed by atoms with Crippen molar-refractivity contribution < 1.29 is 29.6 Å². The van der Waals surface area contributed by atoms with Crippen LogP contribution in [0.2, 0.25) is 0 Å². The minimum atomic E-state index is -1.26. The molecule has 0 unspecified atom stereocenters. The predicted octanol–water partition coefficient (Wildman–Crippen LogP) is 2.22. The van der Waals surface area contributed by atoms with Crippen molar-refractivity contribution in [2.75, 3.05) is 13.2 Å². The molecular formula is C21H29N3O6. The lowest BCUT2D eigenvalue weighted by atomic mass is 10.1. The number of carboxylic acid groups (broad SMARTS) is 2. The van der Waals surface area contributed by atoms with Crippen LogP contribution in [-0.2, 0) is 9.59 Å². The number of β-amino-alcohol motifs (C(OH)–C–C–N with tert-alkyl or cyclic N) is 1. The molecule has 0 bridgehead atoms. The Kier molecular flexibility index (Phi) is 9.73. The first-order chi connectivity index (χ1) is 14.0. The van der Waals surface area contributed by atoms with Crippen LogP contribution in [0.3, 0.4) is 0 Å². The summed E-state index contributed by atoms with van der Waals surface area (Å²) in [4.78, 5) is 26.6. The van der Waals surface area contributed by atoms with Gasteiger partial charge in [-0.1, -0.05) is 0 Å². The van der Waals surface area contributed by atoms with Gasteiger partial charge in [0, 0.05) is 41.7 Å². The molecule has 1 heterocycles. The summed E-state index contributed by atoms with van der Waals surface area (Å²) >= 11 is 0. The summed E-state index contributed by atoms with van der Waals surface area (Å²) in [5.74, 6) is -0.930. The summed E-state index contributed by atoms with van der Waals surface area (Å²) in [6.07, 6.45) is 2.38. The van der Waals surface area contributed by atoms with Gasteiger partial charge in [0.15, 0.2) is 0 Å². The number of aliphatic hydroxyl groups excluding tert-OH is 1. The first kappa shape index (κ1) is 24.9. The zero-order chi connectivity index (χ0) is 22.7. The van der Waals surface area contributed by atoms with Crippen molar-refractivity contribution >= 4 is 11.9 Å². The van der Waals surface area contributed by atoms with Crippen molar-refractivity contribution in [3.05, 3.63) is 48.3 Å². The predicted molar refractivity (Wildman–Crippen MR) is 112 cm³/mol. The van der Waals surface area contributed by atoms with Gasteiger partial charge in [0.1, 0.15) is 24.3 Å². The van der Waals surface area contributed by atoms with Crippen molar-refractivity contribution in [1.82, 2.24) is 15.3 Å². The molecule has 0 fully saturated rings. The zero-order valence-electron chi connectivity index (χ0n) is 17.5. The minimum Gasteiger partial charge on any atom is -0.491 e. The number of aromatic nitrogens is 2. The van der Waals surface area contributed by atoms with Crippen molar-refractivity contribution in [2.45, 2.75) is 39.3 Å². The topological polar surface area (TPSA) is 145 Å². The van der Waals surface area contributed by atoms with E-state index in [1.807, 2.05) is 31.2 Å². The number of aryl methyl sites for hydroxylation is 1. The van der Waals surface area contributed by atoms with E-state index in [0.29, 0.717) is 18.7 Å². The van der Waals surface area contributed by atoms with E-state index in [0.717, 1.165) is 22.8 Å². The number of aromatic amines is 1. The van der Waals surface area contributed by atoms with E-state index in [2.05, 4.69) is 36.1 Å². The van der Waals surface area contributed by atoms with Crippen LogP contribution < -0.4 is 10.1 Å². The Morgan fingerprint density at radius 3 is 2.17 bits per heavy atom. The van der Waals surface area contributed by atoms with E-state index >= 15 is 0 Å². The second kappa shape index (κ2) is 11.7. The molecule has 2 rings (SSSR count). The first-order valence-electron chi connectivity index (χ1n) is 9.28. The number of aliphatic carboxylic acids is 2. The van der Waals surface area contributed by atoms with Gasteiger partial charge in [-0.25, -0.2) is 14.6 Å². The third-order valence-electron chi connectivity index (χ3n) is 3.51. The van der Waals surface area contributed by atoms with Crippen LogP contribution in [0.4, 0.5) is 0 Å². The van der Waals surface area contributed by atoms with E-state index in [1.165, 1.54) is 0 Å². The lowest BCUT2D eigenvalue weighted by molar-refractivity contribution is -0.134.